The molecule has 9 heteroatoms. The Bertz CT molecular complexity index is 693. The summed E-state index contributed by atoms with van der Waals surface area (Å²) in [7, 11) is -1.95. The lowest BCUT2D eigenvalue weighted by Crippen LogP contribution is -2.30. The van der Waals surface area contributed by atoms with E-state index in [0.29, 0.717) is 13.1 Å². The second kappa shape index (κ2) is 6.49. The lowest BCUT2D eigenvalue weighted by molar-refractivity contribution is -0.385. The van der Waals surface area contributed by atoms with Crippen LogP contribution in [0.4, 0.5) is 5.69 Å². The summed E-state index contributed by atoms with van der Waals surface area (Å²) in [6.45, 7) is 3.05. The molecule has 1 aromatic rings. The van der Waals surface area contributed by atoms with Crippen LogP contribution >= 0.6 is 11.6 Å². The highest BCUT2D eigenvalue weighted by Gasteiger charge is 2.33. The zero-order valence-electron chi connectivity index (χ0n) is 12.4. The van der Waals surface area contributed by atoms with Crippen LogP contribution in [-0.2, 0) is 10.0 Å². The second-order valence-corrected chi connectivity index (χ2v) is 7.73. The predicted octanol–water partition coefficient (Wildman–Crippen LogP) is 1.79. The van der Waals surface area contributed by atoms with Gasteiger partial charge in [0.2, 0.25) is 10.0 Å². The largest absolute Gasteiger partial charge is 0.319 e. The molecule has 7 nitrogen and oxygen atoms in total. The molecule has 1 heterocycles. The van der Waals surface area contributed by atoms with Gasteiger partial charge in [-0.2, -0.15) is 4.31 Å². The molecule has 0 radical (unpaired) electrons. The van der Waals surface area contributed by atoms with Gasteiger partial charge in [0.15, 0.2) is 0 Å². The summed E-state index contributed by atoms with van der Waals surface area (Å²) in [5.41, 5.74) is -0.0165. The molecule has 22 heavy (non-hydrogen) atoms. The van der Waals surface area contributed by atoms with Crippen molar-refractivity contribution in [2.45, 2.75) is 18.2 Å². The smallest absolute Gasteiger partial charge is 0.275 e. The number of nitrogens with zero attached hydrogens (tertiary/aromatic N) is 2. The molecular weight excluding hydrogens is 330 g/mol. The molecule has 1 aliphatic rings. The van der Waals surface area contributed by atoms with Gasteiger partial charge in [-0.3, -0.25) is 10.1 Å². The quantitative estimate of drug-likeness (QED) is 0.647. The summed E-state index contributed by atoms with van der Waals surface area (Å²) in [6.07, 6.45) is 0.766. The van der Waals surface area contributed by atoms with Gasteiger partial charge >= 0.3 is 0 Å². The minimum absolute atomic E-state index is 0.0822. The number of benzene rings is 1. The van der Waals surface area contributed by atoms with Crippen LogP contribution in [0.2, 0.25) is 5.02 Å². The van der Waals surface area contributed by atoms with Gasteiger partial charge in [-0.1, -0.05) is 11.6 Å². The molecule has 0 amide bonds. The van der Waals surface area contributed by atoms with Crippen molar-refractivity contribution in [1.29, 1.82) is 0 Å². The van der Waals surface area contributed by atoms with Gasteiger partial charge in [-0.25, -0.2) is 8.42 Å². The van der Waals surface area contributed by atoms with Crippen LogP contribution in [0.25, 0.3) is 0 Å². The van der Waals surface area contributed by atoms with Crippen LogP contribution in [-0.4, -0.2) is 44.3 Å². The SMILES string of the molecule is CNCC1CCN(S(=O)(=O)c2cc(Cl)c(C)c([N+](=O)[O-])c2)C1. The number of rotatable bonds is 5. The van der Waals surface area contributed by atoms with Crippen molar-refractivity contribution in [1.82, 2.24) is 9.62 Å². The van der Waals surface area contributed by atoms with Crippen molar-refractivity contribution >= 4 is 27.3 Å². The normalized spacial score (nSPS) is 19.5. The van der Waals surface area contributed by atoms with Gasteiger partial charge in [-0.15, -0.1) is 0 Å². The molecule has 1 unspecified atom stereocenters. The van der Waals surface area contributed by atoms with Crippen LogP contribution in [0, 0.1) is 23.0 Å². The minimum atomic E-state index is -3.77. The van der Waals surface area contributed by atoms with Crippen molar-refractivity contribution < 1.29 is 13.3 Å². The second-order valence-electron chi connectivity index (χ2n) is 5.38. The van der Waals surface area contributed by atoms with Crippen molar-refractivity contribution in [3.63, 3.8) is 0 Å². The maximum Gasteiger partial charge on any atom is 0.275 e. The van der Waals surface area contributed by atoms with E-state index in [9.17, 15) is 18.5 Å². The lowest BCUT2D eigenvalue weighted by Gasteiger charge is -2.17. The first-order valence-corrected chi connectivity index (χ1v) is 8.68. The fourth-order valence-corrected chi connectivity index (χ4v) is 4.46. The fourth-order valence-electron chi connectivity index (χ4n) is 2.60. The number of sulfonamides is 1. The van der Waals surface area contributed by atoms with Crippen LogP contribution in [0.5, 0.6) is 0 Å². The van der Waals surface area contributed by atoms with Crippen molar-refractivity contribution in [2.75, 3.05) is 26.7 Å². The van der Waals surface area contributed by atoms with E-state index in [4.69, 9.17) is 11.6 Å². The van der Waals surface area contributed by atoms with E-state index < -0.39 is 14.9 Å². The number of nitro groups is 1. The van der Waals surface area contributed by atoms with Crippen LogP contribution in [0.1, 0.15) is 12.0 Å². The highest BCUT2D eigenvalue weighted by molar-refractivity contribution is 7.89. The number of nitro benzene ring substituents is 1. The highest BCUT2D eigenvalue weighted by Crippen LogP contribution is 2.32. The average Bonchev–Trinajstić information content (AvgIpc) is 2.91. The average molecular weight is 348 g/mol. The summed E-state index contributed by atoms with van der Waals surface area (Å²) in [6, 6.07) is 2.37. The third-order valence-electron chi connectivity index (χ3n) is 3.87. The van der Waals surface area contributed by atoms with Crippen molar-refractivity contribution in [3.05, 3.63) is 32.8 Å². The Morgan fingerprint density at radius 3 is 2.77 bits per heavy atom. The first-order chi connectivity index (χ1) is 10.3. The summed E-state index contributed by atoms with van der Waals surface area (Å²) in [5, 5.41) is 14.2. The van der Waals surface area contributed by atoms with E-state index >= 15 is 0 Å². The summed E-state index contributed by atoms with van der Waals surface area (Å²) in [4.78, 5) is 10.3. The highest BCUT2D eigenvalue weighted by atomic mass is 35.5. The molecule has 122 valence electrons. The van der Waals surface area contributed by atoms with Gasteiger partial charge in [0.25, 0.3) is 5.69 Å². The molecule has 1 N–H and O–H groups in total. The third kappa shape index (κ3) is 3.24. The maximum absolute atomic E-state index is 12.6. The van der Waals surface area contributed by atoms with E-state index in [0.717, 1.165) is 19.0 Å². The van der Waals surface area contributed by atoms with E-state index in [1.54, 1.807) is 0 Å². The molecule has 2 rings (SSSR count). The Kier molecular flexibility index (Phi) is 5.06. The van der Waals surface area contributed by atoms with E-state index in [1.807, 2.05) is 7.05 Å². The molecule has 1 aliphatic heterocycles. The third-order valence-corrected chi connectivity index (χ3v) is 6.10. The lowest BCUT2D eigenvalue weighted by atomic mass is 10.1. The summed E-state index contributed by atoms with van der Waals surface area (Å²) in [5.74, 6) is 0.246. The van der Waals surface area contributed by atoms with Gasteiger partial charge in [0, 0.05) is 24.7 Å². The monoisotopic (exact) mass is 347 g/mol. The first kappa shape index (κ1) is 17.1. The number of hydrogen-bond donors (Lipinski definition) is 1. The molecule has 1 aromatic carbocycles. The van der Waals surface area contributed by atoms with Gasteiger partial charge in [0.05, 0.1) is 14.8 Å². The standard InChI is InChI=1S/C13H18ClN3O4S/c1-9-12(14)5-11(6-13(9)17(18)19)22(20,21)16-4-3-10(8-16)7-15-2/h5-6,10,15H,3-4,7-8H2,1-2H3. The minimum Gasteiger partial charge on any atom is -0.319 e. The van der Waals surface area contributed by atoms with Crippen LogP contribution in [0.15, 0.2) is 17.0 Å². The molecular formula is C13H18ClN3O4S. The number of nitrogens with one attached hydrogen (secondary N) is 1. The van der Waals surface area contributed by atoms with Crippen LogP contribution in [0.3, 0.4) is 0 Å². The maximum atomic E-state index is 12.6. The molecule has 1 atom stereocenters. The van der Waals surface area contributed by atoms with E-state index in [1.165, 1.54) is 17.3 Å². The van der Waals surface area contributed by atoms with Crippen LogP contribution < -0.4 is 5.32 Å². The molecule has 0 saturated carbocycles. The molecule has 0 aromatic heterocycles. The molecule has 1 fully saturated rings. The summed E-state index contributed by atoms with van der Waals surface area (Å²) < 4.78 is 26.7. The molecule has 1 saturated heterocycles. The Morgan fingerprint density at radius 1 is 1.50 bits per heavy atom. The summed E-state index contributed by atoms with van der Waals surface area (Å²) >= 11 is 5.96. The number of hydrogen-bond acceptors (Lipinski definition) is 5. The zero-order valence-corrected chi connectivity index (χ0v) is 13.9. The van der Waals surface area contributed by atoms with Gasteiger partial charge in [0.1, 0.15) is 0 Å². The van der Waals surface area contributed by atoms with Gasteiger partial charge in [-0.05, 0) is 38.9 Å². The molecule has 0 spiro atoms. The molecule has 0 aliphatic carbocycles. The Hall–Kier alpha value is -1.22. The van der Waals surface area contributed by atoms with E-state index in [2.05, 4.69) is 5.32 Å². The Balaban J connectivity index is 2.37. The van der Waals surface area contributed by atoms with Crippen molar-refractivity contribution in [3.8, 4) is 0 Å². The Labute approximate surface area is 134 Å². The van der Waals surface area contributed by atoms with Gasteiger partial charge < -0.3 is 5.32 Å². The Morgan fingerprint density at radius 2 is 2.18 bits per heavy atom. The number of halogens is 1. The topological polar surface area (TPSA) is 92.6 Å². The van der Waals surface area contributed by atoms with Crippen molar-refractivity contribution in [2.24, 2.45) is 5.92 Å². The molecule has 0 bridgehead atoms. The first-order valence-electron chi connectivity index (χ1n) is 6.86. The zero-order chi connectivity index (χ0) is 16.5. The fraction of sp³-hybridized carbons (Fsp3) is 0.538. The predicted molar refractivity (Wildman–Crippen MR) is 83.6 cm³/mol. The van der Waals surface area contributed by atoms with E-state index in [-0.39, 0.29) is 27.1 Å².